The van der Waals surface area contributed by atoms with Gasteiger partial charge in [0.1, 0.15) is 5.69 Å². The maximum Gasteiger partial charge on any atom is 0.271 e. The summed E-state index contributed by atoms with van der Waals surface area (Å²) in [6.45, 7) is 2.03. The fraction of sp³-hybridized carbons (Fsp3) is 0.176. The van der Waals surface area contributed by atoms with Crippen molar-refractivity contribution in [1.29, 1.82) is 0 Å². The maximum absolute atomic E-state index is 12.4. The van der Waals surface area contributed by atoms with Crippen LogP contribution in [0.5, 0.6) is 0 Å². The molecule has 3 aromatic rings. The van der Waals surface area contributed by atoms with Crippen LogP contribution in [0.25, 0.3) is 11.0 Å². The van der Waals surface area contributed by atoms with Gasteiger partial charge in [-0.2, -0.15) is 0 Å². The number of hydrogen-bond donors (Lipinski definition) is 1. The summed E-state index contributed by atoms with van der Waals surface area (Å²) < 4.78 is 0. The number of pyridine rings is 1. The van der Waals surface area contributed by atoms with Gasteiger partial charge in [0.15, 0.2) is 0 Å². The lowest BCUT2D eigenvalue weighted by Crippen LogP contribution is -2.29. The van der Waals surface area contributed by atoms with Gasteiger partial charge in [-0.05, 0) is 36.2 Å². The Morgan fingerprint density at radius 1 is 1.14 bits per heavy atom. The highest BCUT2D eigenvalue weighted by molar-refractivity contribution is 5.94. The molecule has 110 valence electrons. The van der Waals surface area contributed by atoms with Crippen LogP contribution >= 0.6 is 0 Å². The monoisotopic (exact) mass is 292 g/mol. The highest BCUT2D eigenvalue weighted by Gasteiger charge is 2.15. The molecule has 0 aliphatic rings. The van der Waals surface area contributed by atoms with Gasteiger partial charge in [-0.1, -0.05) is 19.1 Å². The van der Waals surface area contributed by atoms with Crippen molar-refractivity contribution >= 4 is 16.9 Å². The number of rotatable bonds is 4. The molecule has 0 aliphatic heterocycles. The van der Waals surface area contributed by atoms with E-state index >= 15 is 0 Å². The Kier molecular flexibility index (Phi) is 4.05. The molecular formula is C17H16N4O. The Labute approximate surface area is 128 Å². The molecule has 2 aromatic heterocycles. The van der Waals surface area contributed by atoms with E-state index in [1.54, 1.807) is 12.4 Å². The number of hydrogen-bond acceptors (Lipinski definition) is 4. The maximum atomic E-state index is 12.4. The zero-order valence-electron chi connectivity index (χ0n) is 12.2. The summed E-state index contributed by atoms with van der Waals surface area (Å²) in [4.78, 5) is 25.0. The van der Waals surface area contributed by atoms with E-state index in [0.717, 1.165) is 17.5 Å². The molecule has 0 bridgehead atoms. The second kappa shape index (κ2) is 6.30. The first-order valence-corrected chi connectivity index (χ1v) is 7.20. The Balaban J connectivity index is 1.83. The van der Waals surface area contributed by atoms with Crippen molar-refractivity contribution in [3.05, 3.63) is 66.2 Å². The smallest absolute Gasteiger partial charge is 0.271 e. The van der Waals surface area contributed by atoms with E-state index in [2.05, 4.69) is 20.3 Å². The molecule has 1 N–H and O–H groups in total. The number of aromatic nitrogens is 3. The van der Waals surface area contributed by atoms with E-state index in [9.17, 15) is 4.79 Å². The van der Waals surface area contributed by atoms with Crippen LogP contribution < -0.4 is 5.32 Å². The highest BCUT2D eigenvalue weighted by atomic mass is 16.1. The van der Waals surface area contributed by atoms with E-state index in [0.29, 0.717) is 11.2 Å². The number of nitrogens with zero attached hydrogens (tertiary/aromatic N) is 3. The van der Waals surface area contributed by atoms with Crippen molar-refractivity contribution in [3.63, 3.8) is 0 Å². The van der Waals surface area contributed by atoms with Crippen LogP contribution in [0.4, 0.5) is 0 Å². The summed E-state index contributed by atoms with van der Waals surface area (Å²) >= 11 is 0. The minimum atomic E-state index is -0.220. The van der Waals surface area contributed by atoms with Crippen LogP contribution in [-0.2, 0) is 0 Å². The Bertz CT molecular complexity index is 789. The number of fused-ring (bicyclic) bond motifs is 1. The van der Waals surface area contributed by atoms with Gasteiger partial charge < -0.3 is 5.32 Å². The van der Waals surface area contributed by atoms with Gasteiger partial charge in [-0.25, -0.2) is 4.98 Å². The van der Waals surface area contributed by atoms with E-state index in [-0.39, 0.29) is 11.9 Å². The van der Waals surface area contributed by atoms with Gasteiger partial charge in [0.2, 0.25) is 0 Å². The summed E-state index contributed by atoms with van der Waals surface area (Å²) in [7, 11) is 0. The molecular weight excluding hydrogens is 276 g/mol. The average Bonchev–Trinajstić information content (AvgIpc) is 2.59. The predicted molar refractivity (Wildman–Crippen MR) is 84.3 cm³/mol. The second-order valence-electron chi connectivity index (χ2n) is 4.96. The second-order valence-corrected chi connectivity index (χ2v) is 4.96. The third-order valence-electron chi connectivity index (χ3n) is 3.50. The number of carbonyl (C=O) groups excluding carboxylic acids is 1. The van der Waals surface area contributed by atoms with Crippen LogP contribution in [0.1, 0.15) is 35.4 Å². The molecule has 5 nitrogen and oxygen atoms in total. The molecule has 1 unspecified atom stereocenters. The summed E-state index contributed by atoms with van der Waals surface area (Å²) in [5.74, 6) is -0.220. The molecule has 0 saturated carbocycles. The lowest BCUT2D eigenvalue weighted by molar-refractivity contribution is 0.0930. The molecule has 0 radical (unpaired) electrons. The van der Waals surface area contributed by atoms with Crippen molar-refractivity contribution in [2.75, 3.05) is 0 Å². The molecule has 0 fully saturated rings. The molecule has 1 amide bonds. The minimum absolute atomic E-state index is 0.0660. The van der Waals surface area contributed by atoms with Gasteiger partial charge in [0, 0.05) is 12.4 Å². The summed E-state index contributed by atoms with van der Waals surface area (Å²) in [6, 6.07) is 11.2. The fourth-order valence-electron chi connectivity index (χ4n) is 2.32. The number of carbonyl (C=O) groups is 1. The molecule has 3 rings (SSSR count). The third kappa shape index (κ3) is 2.93. The molecule has 5 heteroatoms. The van der Waals surface area contributed by atoms with Crippen molar-refractivity contribution in [3.8, 4) is 0 Å². The van der Waals surface area contributed by atoms with Crippen LogP contribution in [-0.4, -0.2) is 20.9 Å². The molecule has 0 spiro atoms. The zero-order chi connectivity index (χ0) is 15.4. The van der Waals surface area contributed by atoms with Crippen LogP contribution in [0.2, 0.25) is 0 Å². The summed E-state index contributed by atoms with van der Waals surface area (Å²) in [5, 5.41) is 2.99. The van der Waals surface area contributed by atoms with Gasteiger partial charge in [-0.3, -0.25) is 14.8 Å². The first kappa shape index (κ1) is 14.1. The predicted octanol–water partition coefficient (Wildman–Crippen LogP) is 2.91. The molecule has 22 heavy (non-hydrogen) atoms. The first-order valence-electron chi connectivity index (χ1n) is 7.20. The topological polar surface area (TPSA) is 67.8 Å². The van der Waals surface area contributed by atoms with Crippen molar-refractivity contribution < 1.29 is 4.79 Å². The summed E-state index contributed by atoms with van der Waals surface area (Å²) in [5.41, 5.74) is 2.85. The van der Waals surface area contributed by atoms with Crippen molar-refractivity contribution in [2.24, 2.45) is 0 Å². The minimum Gasteiger partial charge on any atom is -0.344 e. The van der Waals surface area contributed by atoms with Crippen molar-refractivity contribution in [1.82, 2.24) is 20.3 Å². The molecule has 0 saturated heterocycles. The van der Waals surface area contributed by atoms with E-state index in [4.69, 9.17) is 0 Å². The Morgan fingerprint density at radius 2 is 1.86 bits per heavy atom. The molecule has 1 aromatic carbocycles. The van der Waals surface area contributed by atoms with E-state index in [1.165, 1.54) is 6.20 Å². The quantitative estimate of drug-likeness (QED) is 0.803. The van der Waals surface area contributed by atoms with E-state index < -0.39 is 0 Å². The van der Waals surface area contributed by atoms with Gasteiger partial charge in [0.05, 0.1) is 23.3 Å². The SMILES string of the molecule is CCC(NC(=O)c1cnc2ccccc2n1)c1ccncc1. The van der Waals surface area contributed by atoms with Gasteiger partial charge >= 0.3 is 0 Å². The number of para-hydroxylation sites is 2. The number of amides is 1. The lowest BCUT2D eigenvalue weighted by atomic mass is 10.1. The normalized spacial score (nSPS) is 12.0. The van der Waals surface area contributed by atoms with Crippen LogP contribution in [0.3, 0.4) is 0 Å². The van der Waals surface area contributed by atoms with Gasteiger partial charge in [0.25, 0.3) is 5.91 Å². The standard InChI is InChI=1S/C17H16N4O/c1-2-13(12-7-9-18-10-8-12)21-17(22)16-11-19-14-5-3-4-6-15(14)20-16/h3-11,13H,2H2,1H3,(H,21,22). The number of nitrogens with one attached hydrogen (secondary N) is 1. The Morgan fingerprint density at radius 3 is 2.59 bits per heavy atom. The van der Waals surface area contributed by atoms with Crippen LogP contribution in [0, 0.1) is 0 Å². The largest absolute Gasteiger partial charge is 0.344 e. The molecule has 2 heterocycles. The number of benzene rings is 1. The average molecular weight is 292 g/mol. The molecule has 1 atom stereocenters. The highest BCUT2D eigenvalue weighted by Crippen LogP contribution is 2.16. The zero-order valence-corrected chi connectivity index (χ0v) is 12.2. The summed E-state index contributed by atoms with van der Waals surface area (Å²) in [6.07, 6.45) is 5.74. The Hall–Kier alpha value is -2.82. The van der Waals surface area contributed by atoms with Gasteiger partial charge in [-0.15, -0.1) is 0 Å². The first-order chi connectivity index (χ1) is 10.8. The van der Waals surface area contributed by atoms with E-state index in [1.807, 2.05) is 43.3 Å². The van der Waals surface area contributed by atoms with Crippen LogP contribution in [0.15, 0.2) is 55.0 Å². The lowest BCUT2D eigenvalue weighted by Gasteiger charge is -2.16. The fourth-order valence-corrected chi connectivity index (χ4v) is 2.32. The van der Waals surface area contributed by atoms with Crippen molar-refractivity contribution in [2.45, 2.75) is 19.4 Å². The third-order valence-corrected chi connectivity index (χ3v) is 3.50. The molecule has 0 aliphatic carbocycles.